The number of sulfonamides is 1. The van der Waals surface area contributed by atoms with E-state index in [2.05, 4.69) is 16.6 Å². The molecule has 3 aromatic rings. The van der Waals surface area contributed by atoms with Crippen molar-refractivity contribution >= 4 is 26.6 Å². The molecule has 1 aliphatic rings. The molecule has 2 N–H and O–H groups in total. The highest BCUT2D eigenvalue weighted by Crippen LogP contribution is 2.30. The lowest BCUT2D eigenvalue weighted by Gasteiger charge is -2.11. The Morgan fingerprint density at radius 3 is 2.44 bits per heavy atom. The van der Waals surface area contributed by atoms with Crippen LogP contribution in [0.3, 0.4) is 0 Å². The standard InChI is InChI=1S/C22H26N2O2S/c1-2-16-9-11-17(12-10-16)24-27(25,26)18-13-14-22-20(15-18)19-7-5-3-4-6-8-21(19)23-22/h9-15,23-24H,2-8H2,1H3. The zero-order valence-corrected chi connectivity index (χ0v) is 16.5. The second-order valence-corrected chi connectivity index (χ2v) is 9.04. The van der Waals surface area contributed by atoms with Gasteiger partial charge < -0.3 is 4.98 Å². The zero-order valence-electron chi connectivity index (χ0n) is 15.7. The molecule has 4 rings (SSSR count). The number of H-pyrrole nitrogens is 1. The van der Waals surface area contributed by atoms with E-state index < -0.39 is 10.0 Å². The number of fused-ring (bicyclic) bond motifs is 3. The van der Waals surface area contributed by atoms with E-state index in [1.165, 1.54) is 42.5 Å². The molecule has 0 atom stereocenters. The van der Waals surface area contributed by atoms with Crippen LogP contribution >= 0.6 is 0 Å². The van der Waals surface area contributed by atoms with Crippen LogP contribution in [0.5, 0.6) is 0 Å². The zero-order chi connectivity index (χ0) is 18.9. The average Bonchev–Trinajstić information content (AvgIpc) is 2.98. The van der Waals surface area contributed by atoms with Gasteiger partial charge in [-0.1, -0.05) is 31.9 Å². The number of nitrogens with one attached hydrogen (secondary N) is 2. The summed E-state index contributed by atoms with van der Waals surface area (Å²) in [4.78, 5) is 3.83. The minimum atomic E-state index is -3.61. The summed E-state index contributed by atoms with van der Waals surface area (Å²) in [5.74, 6) is 0. The molecular formula is C22H26N2O2S. The third kappa shape index (κ3) is 3.74. The van der Waals surface area contributed by atoms with E-state index >= 15 is 0 Å². The quantitative estimate of drug-likeness (QED) is 0.652. The lowest BCUT2D eigenvalue weighted by molar-refractivity contribution is 0.601. The van der Waals surface area contributed by atoms with E-state index in [4.69, 9.17) is 0 Å². The van der Waals surface area contributed by atoms with Gasteiger partial charge in [0.25, 0.3) is 10.0 Å². The number of rotatable bonds is 4. The molecule has 2 aromatic carbocycles. The molecule has 0 radical (unpaired) electrons. The molecular weight excluding hydrogens is 356 g/mol. The molecule has 4 nitrogen and oxygen atoms in total. The molecule has 1 aromatic heterocycles. The molecule has 27 heavy (non-hydrogen) atoms. The number of aryl methyl sites for hydroxylation is 3. The second-order valence-electron chi connectivity index (χ2n) is 7.36. The van der Waals surface area contributed by atoms with Crippen molar-refractivity contribution in [3.8, 4) is 0 Å². The molecule has 0 amide bonds. The molecule has 1 heterocycles. The smallest absolute Gasteiger partial charge is 0.261 e. The maximum Gasteiger partial charge on any atom is 0.261 e. The Morgan fingerprint density at radius 2 is 1.70 bits per heavy atom. The fourth-order valence-electron chi connectivity index (χ4n) is 3.93. The number of aromatic amines is 1. The average molecular weight is 383 g/mol. The van der Waals surface area contributed by atoms with Gasteiger partial charge in [-0.3, -0.25) is 4.72 Å². The number of benzene rings is 2. The highest BCUT2D eigenvalue weighted by molar-refractivity contribution is 7.92. The lowest BCUT2D eigenvalue weighted by Crippen LogP contribution is -2.12. The van der Waals surface area contributed by atoms with Gasteiger partial charge in [-0.2, -0.15) is 0 Å². The summed E-state index contributed by atoms with van der Waals surface area (Å²) in [6.45, 7) is 2.08. The first kappa shape index (κ1) is 18.1. The van der Waals surface area contributed by atoms with Gasteiger partial charge in [0.2, 0.25) is 0 Å². The molecule has 0 spiro atoms. The van der Waals surface area contributed by atoms with Crippen LogP contribution in [-0.2, 0) is 29.3 Å². The van der Waals surface area contributed by atoms with E-state index in [1.54, 1.807) is 6.07 Å². The van der Waals surface area contributed by atoms with Crippen LogP contribution in [0, 0.1) is 0 Å². The van der Waals surface area contributed by atoms with Crippen LogP contribution in [0.15, 0.2) is 47.4 Å². The summed E-state index contributed by atoms with van der Waals surface area (Å²) in [5.41, 5.74) is 5.39. The predicted molar refractivity (Wildman–Crippen MR) is 111 cm³/mol. The number of hydrogen-bond acceptors (Lipinski definition) is 2. The van der Waals surface area contributed by atoms with Crippen LogP contribution in [0.4, 0.5) is 5.69 Å². The Kier molecular flexibility index (Phi) is 4.96. The summed E-state index contributed by atoms with van der Waals surface area (Å²) in [6, 6.07) is 13.0. The minimum absolute atomic E-state index is 0.318. The molecule has 0 bridgehead atoms. The molecule has 142 valence electrons. The Bertz CT molecular complexity index is 1050. The first-order chi connectivity index (χ1) is 13.1. The van der Waals surface area contributed by atoms with Crippen molar-refractivity contribution in [1.29, 1.82) is 0 Å². The second kappa shape index (κ2) is 7.39. The Labute approximate surface area is 161 Å². The Balaban J connectivity index is 1.68. The van der Waals surface area contributed by atoms with Crippen molar-refractivity contribution < 1.29 is 8.42 Å². The molecule has 0 saturated heterocycles. The van der Waals surface area contributed by atoms with Gasteiger partial charge in [0.15, 0.2) is 0 Å². The van der Waals surface area contributed by atoms with Gasteiger partial charge in [-0.25, -0.2) is 8.42 Å². The lowest BCUT2D eigenvalue weighted by atomic mass is 9.97. The highest BCUT2D eigenvalue weighted by atomic mass is 32.2. The number of anilines is 1. The van der Waals surface area contributed by atoms with Gasteiger partial charge >= 0.3 is 0 Å². The van der Waals surface area contributed by atoms with Gasteiger partial charge in [-0.05, 0) is 73.6 Å². The third-order valence-corrected chi connectivity index (χ3v) is 6.87. The monoisotopic (exact) mass is 382 g/mol. The van der Waals surface area contributed by atoms with E-state index in [-0.39, 0.29) is 0 Å². The van der Waals surface area contributed by atoms with Crippen molar-refractivity contribution in [3.63, 3.8) is 0 Å². The van der Waals surface area contributed by atoms with Crippen molar-refractivity contribution in [2.24, 2.45) is 0 Å². The summed E-state index contributed by atoms with van der Waals surface area (Å²) in [7, 11) is -3.61. The van der Waals surface area contributed by atoms with Gasteiger partial charge in [0, 0.05) is 22.3 Å². The third-order valence-electron chi connectivity index (χ3n) is 5.49. The minimum Gasteiger partial charge on any atom is -0.358 e. The number of hydrogen-bond donors (Lipinski definition) is 2. The molecule has 5 heteroatoms. The number of aromatic nitrogens is 1. The van der Waals surface area contributed by atoms with E-state index in [0.29, 0.717) is 10.6 Å². The predicted octanol–water partition coefficient (Wildman–Crippen LogP) is 5.19. The van der Waals surface area contributed by atoms with E-state index in [1.807, 2.05) is 36.4 Å². The summed E-state index contributed by atoms with van der Waals surface area (Å²) in [6.07, 6.45) is 7.88. The molecule has 0 saturated carbocycles. The highest BCUT2D eigenvalue weighted by Gasteiger charge is 2.19. The van der Waals surface area contributed by atoms with Crippen LogP contribution in [0.25, 0.3) is 10.9 Å². The van der Waals surface area contributed by atoms with Crippen molar-refractivity contribution in [2.45, 2.75) is 56.8 Å². The van der Waals surface area contributed by atoms with E-state index in [9.17, 15) is 8.42 Å². The normalized spacial score (nSPS) is 15.1. The maximum absolute atomic E-state index is 12.9. The van der Waals surface area contributed by atoms with Crippen LogP contribution in [0.2, 0.25) is 0 Å². The van der Waals surface area contributed by atoms with Crippen LogP contribution in [-0.4, -0.2) is 13.4 Å². The first-order valence-corrected chi connectivity index (χ1v) is 11.3. The summed E-state index contributed by atoms with van der Waals surface area (Å²) >= 11 is 0. The topological polar surface area (TPSA) is 62.0 Å². The van der Waals surface area contributed by atoms with Crippen molar-refractivity contribution in [1.82, 2.24) is 4.98 Å². The Hall–Kier alpha value is -2.27. The molecule has 1 aliphatic carbocycles. The molecule has 0 unspecified atom stereocenters. The summed E-state index contributed by atoms with van der Waals surface area (Å²) in [5, 5.41) is 1.05. The van der Waals surface area contributed by atoms with Crippen molar-refractivity contribution in [3.05, 3.63) is 59.3 Å². The fraction of sp³-hybridized carbons (Fsp3) is 0.364. The summed E-state index contributed by atoms with van der Waals surface area (Å²) < 4.78 is 28.5. The van der Waals surface area contributed by atoms with Gasteiger partial charge in [0.05, 0.1) is 4.90 Å². The maximum atomic E-state index is 12.9. The van der Waals surface area contributed by atoms with Crippen molar-refractivity contribution in [2.75, 3.05) is 4.72 Å². The first-order valence-electron chi connectivity index (χ1n) is 9.82. The van der Waals surface area contributed by atoms with Crippen LogP contribution in [0.1, 0.15) is 49.4 Å². The van der Waals surface area contributed by atoms with Gasteiger partial charge in [0.1, 0.15) is 0 Å². The SMILES string of the molecule is CCc1ccc(NS(=O)(=O)c2ccc3[nH]c4c(c3c2)CCCCCC4)cc1. The Morgan fingerprint density at radius 1 is 0.963 bits per heavy atom. The molecule has 0 fully saturated rings. The molecule has 0 aliphatic heterocycles. The largest absolute Gasteiger partial charge is 0.358 e. The van der Waals surface area contributed by atoms with Gasteiger partial charge in [-0.15, -0.1) is 0 Å². The van der Waals surface area contributed by atoms with E-state index in [0.717, 1.165) is 30.2 Å². The fourth-order valence-corrected chi connectivity index (χ4v) is 5.01. The van der Waals surface area contributed by atoms with Crippen LogP contribution < -0.4 is 4.72 Å².